The molecule has 3 heterocycles. The van der Waals surface area contributed by atoms with Gasteiger partial charge in [-0.15, -0.1) is 0 Å². The molecular formula is C36H37GeN3. The summed E-state index contributed by atoms with van der Waals surface area (Å²) in [6.45, 7) is 14.6. The molecule has 200 valence electrons. The number of aromatic nitrogens is 3. The van der Waals surface area contributed by atoms with E-state index >= 15 is 0 Å². The van der Waals surface area contributed by atoms with Gasteiger partial charge in [0.25, 0.3) is 0 Å². The first-order chi connectivity index (χ1) is 19.1. The molecule has 6 aromatic rings. The second-order valence-corrected chi connectivity index (χ2v) is 24.5. The van der Waals surface area contributed by atoms with Crippen LogP contribution in [0.15, 0.2) is 116 Å². The number of para-hydroxylation sites is 1. The molecule has 0 unspecified atom stereocenters. The van der Waals surface area contributed by atoms with Crippen molar-refractivity contribution in [2.45, 2.75) is 50.0 Å². The van der Waals surface area contributed by atoms with Crippen molar-refractivity contribution >= 4 is 44.0 Å². The van der Waals surface area contributed by atoms with E-state index in [-0.39, 0.29) is 8.49 Å². The molecule has 3 nitrogen and oxygen atoms in total. The van der Waals surface area contributed by atoms with Gasteiger partial charge in [-0.3, -0.25) is 0 Å². The normalized spacial score (nSPS) is 12.8. The summed E-state index contributed by atoms with van der Waals surface area (Å²) in [5.41, 5.74) is 5.71. The monoisotopic (exact) mass is 585 g/mol. The zero-order valence-electron chi connectivity index (χ0n) is 24.3. The van der Waals surface area contributed by atoms with Crippen molar-refractivity contribution < 1.29 is 0 Å². The molecule has 3 aromatic heterocycles. The van der Waals surface area contributed by atoms with Gasteiger partial charge < -0.3 is 0 Å². The Morgan fingerprint density at radius 1 is 0.575 bits per heavy atom. The van der Waals surface area contributed by atoms with E-state index in [9.17, 15) is 0 Å². The van der Waals surface area contributed by atoms with Gasteiger partial charge in [0.1, 0.15) is 0 Å². The Bertz CT molecular complexity index is 1790. The molecule has 0 aliphatic carbocycles. The average Bonchev–Trinajstić information content (AvgIpc) is 3.27. The molecule has 0 aliphatic rings. The number of fused-ring (bicyclic) bond motifs is 3. The summed E-state index contributed by atoms with van der Waals surface area (Å²) in [5.74, 6) is 0. The second-order valence-electron chi connectivity index (χ2n) is 12.8. The number of rotatable bonds is 4. The van der Waals surface area contributed by atoms with Crippen molar-refractivity contribution in [1.29, 1.82) is 0 Å². The van der Waals surface area contributed by atoms with Crippen LogP contribution in [0.5, 0.6) is 0 Å². The molecule has 6 rings (SSSR count). The van der Waals surface area contributed by atoms with Gasteiger partial charge in [-0.2, -0.15) is 0 Å². The predicted molar refractivity (Wildman–Crippen MR) is 173 cm³/mol. The average molecular weight is 584 g/mol. The van der Waals surface area contributed by atoms with Crippen LogP contribution in [-0.2, 0) is 0 Å². The SMILES string of the molecule is C[C](C)(C)[Ge]([c]1ccc2c3ccccc3n(-c3cccc(-c4ccccn4)c3)c2c1)([c]1ccccn1)[C](C)(C)C. The molecular weight excluding hydrogens is 547 g/mol. The zero-order valence-corrected chi connectivity index (χ0v) is 26.4. The molecule has 3 aromatic carbocycles. The molecule has 0 amide bonds. The Balaban J connectivity index is 1.69. The third-order valence-electron chi connectivity index (χ3n) is 8.47. The fraction of sp³-hybridized carbons (Fsp3) is 0.222. The van der Waals surface area contributed by atoms with Crippen LogP contribution in [0.4, 0.5) is 0 Å². The molecule has 0 saturated heterocycles. The maximum atomic E-state index is 5.08. The molecule has 0 N–H and O–H groups in total. The summed E-state index contributed by atoms with van der Waals surface area (Å²) in [4.78, 5) is 9.70. The molecule has 0 bridgehead atoms. The molecule has 40 heavy (non-hydrogen) atoms. The van der Waals surface area contributed by atoms with Crippen molar-refractivity contribution in [3.05, 3.63) is 116 Å². The predicted octanol–water partition coefficient (Wildman–Crippen LogP) is 8.40. The quantitative estimate of drug-likeness (QED) is 0.195. The topological polar surface area (TPSA) is 30.7 Å². The van der Waals surface area contributed by atoms with Gasteiger partial charge >= 0.3 is 241 Å². The summed E-state index contributed by atoms with van der Waals surface area (Å²) in [7, 11) is 0. The molecule has 0 fully saturated rings. The van der Waals surface area contributed by atoms with Crippen LogP contribution in [0.2, 0.25) is 8.49 Å². The number of hydrogen-bond donors (Lipinski definition) is 0. The number of nitrogens with zero attached hydrogens (tertiary/aromatic N) is 3. The first kappa shape index (κ1) is 26.5. The van der Waals surface area contributed by atoms with E-state index in [0.717, 1.165) is 16.9 Å². The summed E-state index contributed by atoms with van der Waals surface area (Å²) in [5, 5.41) is 2.55. The number of benzene rings is 3. The van der Waals surface area contributed by atoms with Gasteiger partial charge in [-0.25, -0.2) is 0 Å². The molecule has 0 radical (unpaired) electrons. The third-order valence-corrected chi connectivity index (χ3v) is 22.6. The van der Waals surface area contributed by atoms with E-state index in [1.54, 1.807) is 0 Å². The van der Waals surface area contributed by atoms with Crippen molar-refractivity contribution in [2.24, 2.45) is 0 Å². The van der Waals surface area contributed by atoms with Gasteiger partial charge in [0.2, 0.25) is 0 Å². The van der Waals surface area contributed by atoms with E-state index < -0.39 is 13.3 Å². The van der Waals surface area contributed by atoms with E-state index in [1.165, 1.54) is 30.7 Å². The first-order valence-corrected chi connectivity index (χ1v) is 18.3. The Labute approximate surface area is 240 Å². The van der Waals surface area contributed by atoms with Crippen LogP contribution in [0.1, 0.15) is 41.5 Å². The fourth-order valence-corrected chi connectivity index (χ4v) is 22.2. The second kappa shape index (κ2) is 9.74. The van der Waals surface area contributed by atoms with Crippen LogP contribution in [0, 0.1) is 0 Å². The van der Waals surface area contributed by atoms with E-state index in [1.807, 2.05) is 30.6 Å². The molecule has 0 aliphatic heterocycles. The van der Waals surface area contributed by atoms with Crippen LogP contribution >= 0.6 is 0 Å². The van der Waals surface area contributed by atoms with Crippen molar-refractivity contribution in [3.8, 4) is 16.9 Å². The Kier molecular flexibility index (Phi) is 6.46. The van der Waals surface area contributed by atoms with Crippen LogP contribution in [0.25, 0.3) is 38.8 Å². The van der Waals surface area contributed by atoms with Gasteiger partial charge in [0, 0.05) is 0 Å². The van der Waals surface area contributed by atoms with Gasteiger partial charge in [0.15, 0.2) is 0 Å². The standard InChI is InChI=1S/C36H37GeN3/c1-35(2,3)37(36(4,5)6,34-19-10-12-23-39-34)27-20-21-30-29-16-7-8-18-32(29)40(33(30)25-27)28-15-13-14-26(24-28)31-17-9-11-22-38-31/h7-25H,1-6H3. The molecule has 0 saturated carbocycles. The Morgan fingerprint density at radius 2 is 1.25 bits per heavy atom. The van der Waals surface area contributed by atoms with Gasteiger partial charge in [-0.05, 0) is 0 Å². The third kappa shape index (κ3) is 4.10. The minimum atomic E-state index is -3.17. The first-order valence-electron chi connectivity index (χ1n) is 14.1. The van der Waals surface area contributed by atoms with Crippen molar-refractivity contribution in [2.75, 3.05) is 0 Å². The van der Waals surface area contributed by atoms with Crippen molar-refractivity contribution in [1.82, 2.24) is 14.5 Å². The fourth-order valence-electron chi connectivity index (χ4n) is 7.31. The summed E-state index contributed by atoms with van der Waals surface area (Å²) in [6.07, 6.45) is 3.84. The number of pyridine rings is 2. The van der Waals surface area contributed by atoms with Crippen LogP contribution in [0.3, 0.4) is 0 Å². The summed E-state index contributed by atoms with van der Waals surface area (Å²) in [6, 6.07) is 37.4. The van der Waals surface area contributed by atoms with Gasteiger partial charge in [0.05, 0.1) is 0 Å². The zero-order chi connectivity index (χ0) is 28.1. The van der Waals surface area contributed by atoms with Crippen LogP contribution < -0.4 is 8.92 Å². The van der Waals surface area contributed by atoms with E-state index in [4.69, 9.17) is 4.98 Å². The van der Waals surface area contributed by atoms with E-state index in [0.29, 0.717) is 0 Å². The van der Waals surface area contributed by atoms with Crippen LogP contribution in [-0.4, -0.2) is 27.8 Å². The summed E-state index contributed by atoms with van der Waals surface area (Å²) < 4.78 is 5.36. The van der Waals surface area contributed by atoms with Gasteiger partial charge in [-0.1, -0.05) is 0 Å². The summed E-state index contributed by atoms with van der Waals surface area (Å²) >= 11 is -3.17. The molecule has 4 heteroatoms. The molecule has 0 atom stereocenters. The Morgan fingerprint density at radius 3 is 1.93 bits per heavy atom. The molecule has 0 spiro atoms. The Hall–Kier alpha value is -3.70. The number of hydrogen-bond acceptors (Lipinski definition) is 2. The van der Waals surface area contributed by atoms with Crippen molar-refractivity contribution in [3.63, 3.8) is 0 Å². The minimum absolute atomic E-state index is 0.0794. The van der Waals surface area contributed by atoms with E-state index in [2.05, 4.69) is 136 Å². The maximum absolute atomic E-state index is 5.08.